The molecule has 0 spiro atoms. The summed E-state index contributed by atoms with van der Waals surface area (Å²) in [5, 5.41) is 16.3. The van der Waals surface area contributed by atoms with E-state index in [0.29, 0.717) is 30.8 Å². The quantitative estimate of drug-likeness (QED) is 0.447. The molecule has 7 heteroatoms. The summed E-state index contributed by atoms with van der Waals surface area (Å²) in [6.45, 7) is 4.26. The first kappa shape index (κ1) is 13.2. The summed E-state index contributed by atoms with van der Waals surface area (Å²) in [5.41, 5.74) is 0. The van der Waals surface area contributed by atoms with Gasteiger partial charge in [-0.15, -0.1) is 0 Å². The molecule has 6 nitrogen and oxygen atoms in total. The molecule has 0 aliphatic carbocycles. The van der Waals surface area contributed by atoms with E-state index in [1.165, 1.54) is 0 Å². The molecule has 0 amide bonds. The number of nitrogens with zero attached hydrogens (tertiary/aromatic N) is 1. The Morgan fingerprint density at radius 1 is 1.62 bits per heavy atom. The molecule has 2 unspecified atom stereocenters. The molecule has 92 valence electrons. The molecule has 0 radical (unpaired) electrons. The molecule has 1 fully saturated rings. The van der Waals surface area contributed by atoms with Crippen LogP contribution in [-0.4, -0.2) is 31.7 Å². The highest BCUT2D eigenvalue weighted by Crippen LogP contribution is 2.19. The molecule has 16 heavy (non-hydrogen) atoms. The van der Waals surface area contributed by atoms with E-state index in [-0.39, 0.29) is 4.61 Å². The van der Waals surface area contributed by atoms with Crippen LogP contribution in [0.5, 0.6) is 0 Å². The number of nitro groups is 1. The molecule has 2 N–H and O–H groups in total. The van der Waals surface area contributed by atoms with Gasteiger partial charge in [0.05, 0.1) is 11.5 Å². The second-order valence-electron chi connectivity index (χ2n) is 3.83. The van der Waals surface area contributed by atoms with Crippen molar-refractivity contribution < 1.29 is 9.66 Å². The summed E-state index contributed by atoms with van der Waals surface area (Å²) < 4.78 is 5.24. The molecule has 0 bridgehead atoms. The van der Waals surface area contributed by atoms with Crippen molar-refractivity contribution in [2.75, 3.05) is 26.8 Å². The Bertz CT molecular complexity index is 296. The van der Waals surface area contributed by atoms with Gasteiger partial charge < -0.3 is 15.4 Å². The molecular weight excluding hydrogens is 278 g/mol. The molecule has 2 atom stereocenters. The van der Waals surface area contributed by atoms with Crippen LogP contribution in [0.1, 0.15) is 6.92 Å². The number of ether oxygens (including phenoxy) is 1. The lowest BCUT2D eigenvalue weighted by atomic mass is 9.98. The zero-order chi connectivity index (χ0) is 12.1. The van der Waals surface area contributed by atoms with Gasteiger partial charge in [0, 0.05) is 42.0 Å². The SMILES string of the molecule is CNC(NCC1COCC1C)=C(Br)[N+](=O)[O-]. The van der Waals surface area contributed by atoms with Gasteiger partial charge in [0.25, 0.3) is 0 Å². The lowest BCUT2D eigenvalue weighted by molar-refractivity contribution is -0.410. The molecular formula is C9H16BrN3O3. The van der Waals surface area contributed by atoms with E-state index in [4.69, 9.17) is 4.74 Å². The fraction of sp³-hybridized carbons (Fsp3) is 0.778. The van der Waals surface area contributed by atoms with Crippen molar-refractivity contribution in [3.63, 3.8) is 0 Å². The average molecular weight is 294 g/mol. The maximum absolute atomic E-state index is 10.6. The number of hydrogen-bond acceptors (Lipinski definition) is 5. The van der Waals surface area contributed by atoms with Crippen molar-refractivity contribution in [2.24, 2.45) is 11.8 Å². The molecule has 0 aromatic heterocycles. The predicted octanol–water partition coefficient (Wildman–Crippen LogP) is 0.876. The smallest absolute Gasteiger partial charge is 0.350 e. The molecule has 0 saturated carbocycles. The number of hydrogen-bond donors (Lipinski definition) is 2. The summed E-state index contributed by atoms with van der Waals surface area (Å²) in [5.74, 6) is 1.28. The summed E-state index contributed by atoms with van der Waals surface area (Å²) in [6.07, 6.45) is 0. The summed E-state index contributed by atoms with van der Waals surface area (Å²) in [6, 6.07) is 0. The minimum absolute atomic E-state index is 0.0819. The minimum Gasteiger partial charge on any atom is -0.381 e. The van der Waals surface area contributed by atoms with E-state index < -0.39 is 4.92 Å². The van der Waals surface area contributed by atoms with E-state index >= 15 is 0 Å². The molecule has 1 aliphatic heterocycles. The minimum atomic E-state index is -0.479. The van der Waals surface area contributed by atoms with E-state index in [9.17, 15) is 10.1 Å². The fourth-order valence-electron chi connectivity index (χ4n) is 1.55. The van der Waals surface area contributed by atoms with Crippen LogP contribution in [0, 0.1) is 22.0 Å². The van der Waals surface area contributed by atoms with Crippen molar-refractivity contribution in [3.05, 3.63) is 20.5 Å². The molecule has 0 aromatic carbocycles. The highest BCUT2D eigenvalue weighted by Gasteiger charge is 2.25. The van der Waals surface area contributed by atoms with Gasteiger partial charge in [-0.3, -0.25) is 10.1 Å². The van der Waals surface area contributed by atoms with Crippen molar-refractivity contribution in [1.29, 1.82) is 0 Å². The van der Waals surface area contributed by atoms with Crippen LogP contribution in [0.2, 0.25) is 0 Å². The second-order valence-corrected chi connectivity index (χ2v) is 4.58. The summed E-state index contributed by atoms with van der Waals surface area (Å²) in [7, 11) is 1.64. The maximum atomic E-state index is 10.6. The normalized spacial score (nSPS) is 26.2. The van der Waals surface area contributed by atoms with E-state index in [1.54, 1.807) is 7.05 Å². The standard InChI is InChI=1S/C9H16BrN3O3/c1-6-4-16-5-7(6)3-12-9(11-2)8(10)13(14)15/h6-7,11-12H,3-5H2,1-2H3. The molecule has 0 aromatic rings. The first-order valence-electron chi connectivity index (χ1n) is 5.09. The first-order valence-corrected chi connectivity index (χ1v) is 5.89. The fourth-order valence-corrected chi connectivity index (χ4v) is 1.89. The highest BCUT2D eigenvalue weighted by molar-refractivity contribution is 9.11. The topological polar surface area (TPSA) is 76.4 Å². The third-order valence-electron chi connectivity index (χ3n) is 2.68. The van der Waals surface area contributed by atoms with Gasteiger partial charge in [0.15, 0.2) is 5.82 Å². The highest BCUT2D eigenvalue weighted by atomic mass is 79.9. The molecule has 1 heterocycles. The summed E-state index contributed by atoms with van der Waals surface area (Å²) >= 11 is 2.92. The van der Waals surface area contributed by atoms with Gasteiger partial charge >= 0.3 is 4.61 Å². The van der Waals surface area contributed by atoms with Crippen LogP contribution < -0.4 is 10.6 Å². The van der Waals surface area contributed by atoms with Gasteiger partial charge in [-0.1, -0.05) is 6.92 Å². The number of halogens is 1. The van der Waals surface area contributed by atoms with Crippen LogP contribution >= 0.6 is 15.9 Å². The van der Waals surface area contributed by atoms with Crippen molar-refractivity contribution >= 4 is 15.9 Å². The monoisotopic (exact) mass is 293 g/mol. The lowest BCUT2D eigenvalue weighted by Crippen LogP contribution is -2.32. The second kappa shape index (κ2) is 6.05. The predicted molar refractivity (Wildman–Crippen MR) is 63.5 cm³/mol. The summed E-state index contributed by atoms with van der Waals surface area (Å²) in [4.78, 5) is 10.1. The Kier molecular flexibility index (Phi) is 5.01. The van der Waals surface area contributed by atoms with Crippen LogP contribution in [0.15, 0.2) is 10.4 Å². The Labute approximate surface area is 103 Å². The van der Waals surface area contributed by atoms with Crippen molar-refractivity contribution in [2.45, 2.75) is 6.92 Å². The Morgan fingerprint density at radius 3 is 2.75 bits per heavy atom. The largest absolute Gasteiger partial charge is 0.381 e. The Balaban J connectivity index is 2.52. The third kappa shape index (κ3) is 3.34. The van der Waals surface area contributed by atoms with E-state index in [0.717, 1.165) is 6.61 Å². The van der Waals surface area contributed by atoms with Crippen molar-refractivity contribution in [3.8, 4) is 0 Å². The van der Waals surface area contributed by atoms with Gasteiger partial charge in [0.2, 0.25) is 0 Å². The maximum Gasteiger partial charge on any atom is 0.350 e. The average Bonchev–Trinajstić information content (AvgIpc) is 2.65. The van der Waals surface area contributed by atoms with Crippen molar-refractivity contribution in [1.82, 2.24) is 10.6 Å². The number of rotatable bonds is 5. The van der Waals surface area contributed by atoms with Crippen LogP contribution in [-0.2, 0) is 4.74 Å². The molecule has 1 rings (SSSR count). The number of nitrogens with one attached hydrogen (secondary N) is 2. The first-order chi connectivity index (χ1) is 7.56. The van der Waals surface area contributed by atoms with E-state index in [2.05, 4.69) is 33.5 Å². The molecule has 1 aliphatic rings. The van der Waals surface area contributed by atoms with Gasteiger partial charge in [-0.05, 0) is 5.92 Å². The third-order valence-corrected chi connectivity index (χ3v) is 3.36. The van der Waals surface area contributed by atoms with Crippen LogP contribution in [0.4, 0.5) is 0 Å². The van der Waals surface area contributed by atoms with Gasteiger partial charge in [0.1, 0.15) is 0 Å². The Morgan fingerprint density at radius 2 is 2.31 bits per heavy atom. The molecule has 1 saturated heterocycles. The van der Waals surface area contributed by atoms with Crippen LogP contribution in [0.25, 0.3) is 0 Å². The zero-order valence-corrected chi connectivity index (χ0v) is 10.9. The van der Waals surface area contributed by atoms with Gasteiger partial charge in [-0.25, -0.2) is 0 Å². The Hall–Kier alpha value is -0.820. The van der Waals surface area contributed by atoms with Gasteiger partial charge in [-0.2, -0.15) is 0 Å². The van der Waals surface area contributed by atoms with E-state index in [1.807, 2.05) is 0 Å². The van der Waals surface area contributed by atoms with Crippen LogP contribution in [0.3, 0.4) is 0 Å². The zero-order valence-electron chi connectivity index (χ0n) is 9.33. The lowest BCUT2D eigenvalue weighted by Gasteiger charge is -2.15.